The summed E-state index contributed by atoms with van der Waals surface area (Å²) >= 11 is 0. The summed E-state index contributed by atoms with van der Waals surface area (Å²) in [5.41, 5.74) is 2.69. The molecule has 1 aromatic heterocycles. The highest BCUT2D eigenvalue weighted by molar-refractivity contribution is 5.95. The normalized spacial score (nSPS) is 20.3. The Morgan fingerprint density at radius 2 is 2.00 bits per heavy atom. The van der Waals surface area contributed by atoms with Gasteiger partial charge in [-0.25, -0.2) is 4.79 Å². The van der Waals surface area contributed by atoms with E-state index in [1.54, 1.807) is 6.07 Å². The fraction of sp³-hybridized carbons (Fsp3) is 0.318. The summed E-state index contributed by atoms with van der Waals surface area (Å²) in [5, 5.41) is 11.4. The van der Waals surface area contributed by atoms with Crippen molar-refractivity contribution >= 4 is 11.0 Å². The SMILES string of the molecule is C[C@@H]1CCC[NH+](Cc2c(O)ccc3c(-c4ccccc4)cc(=O)oc23)C1. The van der Waals surface area contributed by atoms with Gasteiger partial charge in [-0.2, -0.15) is 0 Å². The highest BCUT2D eigenvalue weighted by Gasteiger charge is 2.23. The quantitative estimate of drug-likeness (QED) is 0.714. The number of rotatable bonds is 3. The van der Waals surface area contributed by atoms with Crippen molar-refractivity contribution in [3.05, 3.63) is 64.5 Å². The molecular weight excluding hydrogens is 326 g/mol. The van der Waals surface area contributed by atoms with E-state index in [2.05, 4.69) is 6.92 Å². The minimum atomic E-state index is -0.384. The Labute approximate surface area is 152 Å². The van der Waals surface area contributed by atoms with E-state index in [9.17, 15) is 9.90 Å². The van der Waals surface area contributed by atoms with Crippen LogP contribution in [0.15, 0.2) is 57.7 Å². The third-order valence-electron chi connectivity index (χ3n) is 5.37. The molecule has 1 aliphatic rings. The topological polar surface area (TPSA) is 54.9 Å². The molecule has 134 valence electrons. The van der Waals surface area contributed by atoms with Crippen LogP contribution in [-0.2, 0) is 6.54 Å². The molecule has 1 saturated heterocycles. The van der Waals surface area contributed by atoms with Crippen LogP contribution in [0.25, 0.3) is 22.1 Å². The van der Waals surface area contributed by atoms with Gasteiger partial charge in [0, 0.05) is 17.4 Å². The molecule has 0 radical (unpaired) electrons. The Hall–Kier alpha value is -2.59. The maximum atomic E-state index is 12.2. The van der Waals surface area contributed by atoms with E-state index in [0.717, 1.165) is 35.2 Å². The first-order valence-electron chi connectivity index (χ1n) is 9.29. The Morgan fingerprint density at radius 3 is 2.77 bits per heavy atom. The van der Waals surface area contributed by atoms with Gasteiger partial charge in [-0.1, -0.05) is 37.3 Å². The van der Waals surface area contributed by atoms with Crippen LogP contribution in [0.3, 0.4) is 0 Å². The van der Waals surface area contributed by atoms with Crippen LogP contribution in [-0.4, -0.2) is 18.2 Å². The number of hydrogen-bond acceptors (Lipinski definition) is 3. The first-order chi connectivity index (χ1) is 12.6. The average Bonchev–Trinajstić information content (AvgIpc) is 2.64. The molecule has 3 aromatic rings. The van der Waals surface area contributed by atoms with Gasteiger partial charge in [0.2, 0.25) is 0 Å². The van der Waals surface area contributed by atoms with Gasteiger partial charge < -0.3 is 14.4 Å². The van der Waals surface area contributed by atoms with Crippen molar-refractivity contribution in [2.75, 3.05) is 13.1 Å². The predicted molar refractivity (Wildman–Crippen MR) is 102 cm³/mol. The summed E-state index contributed by atoms with van der Waals surface area (Å²) in [6, 6.07) is 14.9. The van der Waals surface area contributed by atoms with Crippen molar-refractivity contribution in [3.63, 3.8) is 0 Å². The summed E-state index contributed by atoms with van der Waals surface area (Å²) < 4.78 is 5.58. The third-order valence-corrected chi connectivity index (χ3v) is 5.37. The predicted octanol–water partition coefficient (Wildman–Crippen LogP) is 2.98. The zero-order chi connectivity index (χ0) is 18.1. The smallest absolute Gasteiger partial charge is 0.336 e. The summed E-state index contributed by atoms with van der Waals surface area (Å²) in [6.07, 6.45) is 2.46. The van der Waals surface area contributed by atoms with E-state index >= 15 is 0 Å². The van der Waals surface area contributed by atoms with Crippen LogP contribution in [0, 0.1) is 5.92 Å². The van der Waals surface area contributed by atoms with Gasteiger partial charge in [0.05, 0.1) is 18.7 Å². The molecule has 0 spiro atoms. The second-order valence-electron chi connectivity index (χ2n) is 7.41. The first-order valence-corrected chi connectivity index (χ1v) is 9.29. The lowest BCUT2D eigenvalue weighted by Gasteiger charge is -2.28. The first kappa shape index (κ1) is 16.9. The maximum absolute atomic E-state index is 12.2. The number of benzene rings is 2. The van der Waals surface area contributed by atoms with Gasteiger partial charge in [0.1, 0.15) is 12.3 Å². The number of likely N-dealkylation sites (tertiary alicyclic amines) is 1. The molecule has 0 saturated carbocycles. The van der Waals surface area contributed by atoms with Gasteiger partial charge >= 0.3 is 5.63 Å². The van der Waals surface area contributed by atoms with Crippen molar-refractivity contribution in [1.82, 2.24) is 0 Å². The number of hydrogen-bond donors (Lipinski definition) is 2. The second kappa shape index (κ2) is 6.96. The van der Waals surface area contributed by atoms with E-state index in [4.69, 9.17) is 4.42 Å². The molecule has 1 fully saturated rings. The fourth-order valence-electron chi connectivity index (χ4n) is 4.11. The highest BCUT2D eigenvalue weighted by Crippen LogP contribution is 2.32. The van der Waals surface area contributed by atoms with Gasteiger partial charge in [-0.15, -0.1) is 0 Å². The highest BCUT2D eigenvalue weighted by atomic mass is 16.4. The Morgan fingerprint density at radius 1 is 1.19 bits per heavy atom. The standard InChI is InChI=1S/C22H23NO3/c1-15-6-5-11-23(13-15)14-19-20(24)10-9-17-18(12-21(25)26-22(17)19)16-7-3-2-4-8-16/h2-4,7-10,12,15,24H,5-6,11,13-14H2,1H3/p+1/t15-/m1/s1. The number of nitrogens with one attached hydrogen (secondary N) is 1. The minimum absolute atomic E-state index is 0.205. The molecule has 4 rings (SSSR count). The van der Waals surface area contributed by atoms with E-state index in [1.807, 2.05) is 36.4 Å². The molecule has 26 heavy (non-hydrogen) atoms. The summed E-state index contributed by atoms with van der Waals surface area (Å²) in [7, 11) is 0. The molecule has 2 heterocycles. The molecule has 2 aromatic carbocycles. The minimum Gasteiger partial charge on any atom is -0.507 e. The van der Waals surface area contributed by atoms with Crippen LogP contribution < -0.4 is 10.5 Å². The summed E-state index contributed by atoms with van der Waals surface area (Å²) in [5.74, 6) is 0.888. The largest absolute Gasteiger partial charge is 0.507 e. The molecule has 2 atom stereocenters. The second-order valence-corrected chi connectivity index (χ2v) is 7.41. The number of quaternary nitrogens is 1. The van der Waals surface area contributed by atoms with E-state index in [1.165, 1.54) is 23.8 Å². The molecule has 4 nitrogen and oxygen atoms in total. The molecular formula is C22H24NO3+. The van der Waals surface area contributed by atoms with Crippen molar-refractivity contribution < 1.29 is 14.4 Å². The van der Waals surface area contributed by atoms with Gasteiger partial charge in [-0.05, 0) is 36.1 Å². The number of fused-ring (bicyclic) bond motifs is 1. The lowest BCUT2D eigenvalue weighted by atomic mass is 9.97. The lowest BCUT2D eigenvalue weighted by molar-refractivity contribution is -0.922. The Bertz CT molecular complexity index is 978. The number of piperidine rings is 1. The van der Waals surface area contributed by atoms with Crippen molar-refractivity contribution in [3.8, 4) is 16.9 Å². The Kier molecular flexibility index (Phi) is 4.51. The zero-order valence-corrected chi connectivity index (χ0v) is 15.0. The molecule has 0 amide bonds. The van der Waals surface area contributed by atoms with Crippen LogP contribution >= 0.6 is 0 Å². The summed E-state index contributed by atoms with van der Waals surface area (Å²) in [4.78, 5) is 13.7. The molecule has 0 bridgehead atoms. The van der Waals surface area contributed by atoms with E-state index in [0.29, 0.717) is 18.0 Å². The maximum Gasteiger partial charge on any atom is 0.336 e. The van der Waals surface area contributed by atoms with Crippen molar-refractivity contribution in [1.29, 1.82) is 0 Å². The van der Waals surface area contributed by atoms with Gasteiger partial charge in [0.15, 0.2) is 5.58 Å². The Balaban J connectivity index is 1.84. The molecule has 1 unspecified atom stereocenters. The number of phenolic OH excluding ortho intramolecular Hbond substituents is 1. The molecule has 0 aliphatic carbocycles. The third kappa shape index (κ3) is 3.25. The average molecular weight is 350 g/mol. The van der Waals surface area contributed by atoms with Crippen LogP contribution in [0.5, 0.6) is 5.75 Å². The van der Waals surface area contributed by atoms with Crippen molar-refractivity contribution in [2.45, 2.75) is 26.3 Å². The zero-order valence-electron chi connectivity index (χ0n) is 15.0. The fourth-order valence-corrected chi connectivity index (χ4v) is 4.11. The lowest BCUT2D eigenvalue weighted by Crippen LogP contribution is -3.12. The van der Waals surface area contributed by atoms with Gasteiger partial charge in [0.25, 0.3) is 0 Å². The van der Waals surface area contributed by atoms with Gasteiger partial charge in [-0.3, -0.25) is 0 Å². The van der Waals surface area contributed by atoms with Crippen LogP contribution in [0.1, 0.15) is 25.3 Å². The van der Waals surface area contributed by atoms with E-state index < -0.39 is 0 Å². The monoisotopic (exact) mass is 350 g/mol. The summed E-state index contributed by atoms with van der Waals surface area (Å²) in [6.45, 7) is 5.12. The van der Waals surface area contributed by atoms with E-state index in [-0.39, 0.29) is 11.4 Å². The number of aromatic hydroxyl groups is 1. The van der Waals surface area contributed by atoms with Crippen LogP contribution in [0.2, 0.25) is 0 Å². The molecule has 1 aliphatic heterocycles. The molecule has 4 heteroatoms. The van der Waals surface area contributed by atoms with Crippen LogP contribution in [0.4, 0.5) is 0 Å². The van der Waals surface area contributed by atoms with Crippen molar-refractivity contribution in [2.24, 2.45) is 5.92 Å². The number of phenols is 1. The molecule has 2 N–H and O–H groups in total.